The van der Waals surface area contributed by atoms with Gasteiger partial charge in [-0.1, -0.05) is 30.0 Å². The molecule has 10 heteroatoms. The van der Waals surface area contributed by atoms with Crippen LogP contribution < -0.4 is 20.5 Å². The Morgan fingerprint density at radius 2 is 1.81 bits per heavy atom. The molecule has 156 valence electrons. The summed E-state index contributed by atoms with van der Waals surface area (Å²) in [5.41, 5.74) is 0.433. The molecule has 3 heterocycles. The molecular weight excluding hydrogens is 418 g/mol. The number of rotatable bonds is 5. The van der Waals surface area contributed by atoms with Crippen LogP contribution in [0.3, 0.4) is 0 Å². The lowest BCUT2D eigenvalue weighted by molar-refractivity contribution is -0.117. The van der Waals surface area contributed by atoms with E-state index >= 15 is 0 Å². The highest BCUT2D eigenvalue weighted by molar-refractivity contribution is 7.99. The van der Waals surface area contributed by atoms with E-state index in [2.05, 4.69) is 15.5 Å². The number of ether oxygens (including phenoxy) is 2. The number of amides is 1. The monoisotopic (exact) mass is 435 g/mol. The van der Waals surface area contributed by atoms with Gasteiger partial charge >= 0.3 is 5.69 Å². The summed E-state index contributed by atoms with van der Waals surface area (Å²) in [6, 6.07) is 18.4. The van der Waals surface area contributed by atoms with Crippen molar-refractivity contribution in [3.05, 3.63) is 71.1 Å². The van der Waals surface area contributed by atoms with E-state index in [4.69, 9.17) is 9.47 Å². The molecule has 0 unspecified atom stereocenters. The lowest BCUT2D eigenvalue weighted by Gasteiger charge is -2.18. The van der Waals surface area contributed by atoms with Gasteiger partial charge in [-0.3, -0.25) is 4.79 Å². The van der Waals surface area contributed by atoms with Crippen LogP contribution in [-0.2, 0) is 11.3 Å². The SMILES string of the molecule is O=C(Cn1nc2ccc(Sc3ccccc3)nn2c1=O)Nc1ccc2c(c1)OCCO2. The Morgan fingerprint density at radius 1 is 1.00 bits per heavy atom. The van der Waals surface area contributed by atoms with Crippen molar-refractivity contribution in [1.82, 2.24) is 19.4 Å². The molecule has 9 nitrogen and oxygen atoms in total. The van der Waals surface area contributed by atoms with Crippen molar-refractivity contribution >= 4 is 29.0 Å². The van der Waals surface area contributed by atoms with Gasteiger partial charge in [0.1, 0.15) is 24.8 Å². The number of carbonyl (C=O) groups is 1. The fourth-order valence-corrected chi connectivity index (χ4v) is 3.91. The van der Waals surface area contributed by atoms with Crippen LogP contribution in [0.4, 0.5) is 5.69 Å². The Morgan fingerprint density at radius 3 is 2.65 bits per heavy atom. The Kier molecular flexibility index (Phi) is 5.04. The van der Waals surface area contributed by atoms with Crippen LogP contribution in [0.25, 0.3) is 5.65 Å². The molecule has 0 saturated carbocycles. The number of anilines is 1. The van der Waals surface area contributed by atoms with Crippen LogP contribution in [0.5, 0.6) is 11.5 Å². The van der Waals surface area contributed by atoms with Crippen LogP contribution in [0.2, 0.25) is 0 Å². The van der Waals surface area contributed by atoms with Crippen molar-refractivity contribution in [2.24, 2.45) is 0 Å². The van der Waals surface area contributed by atoms with E-state index < -0.39 is 5.69 Å². The van der Waals surface area contributed by atoms with Gasteiger partial charge in [-0.2, -0.15) is 9.61 Å². The number of nitrogens with zero attached hydrogens (tertiary/aromatic N) is 4. The summed E-state index contributed by atoms with van der Waals surface area (Å²) >= 11 is 1.44. The maximum absolute atomic E-state index is 12.7. The van der Waals surface area contributed by atoms with E-state index in [0.717, 1.165) is 9.58 Å². The molecule has 0 aliphatic carbocycles. The van der Waals surface area contributed by atoms with E-state index in [1.54, 1.807) is 30.3 Å². The highest BCUT2D eigenvalue weighted by Gasteiger charge is 2.15. The standard InChI is InChI=1S/C21H17N5O4S/c27-19(22-14-6-7-16-17(12-14)30-11-10-29-16)13-25-21(28)26-18(23-25)8-9-20(24-26)31-15-4-2-1-3-5-15/h1-9,12H,10-11,13H2,(H,22,27). The number of nitrogens with one attached hydrogen (secondary N) is 1. The summed E-state index contributed by atoms with van der Waals surface area (Å²) in [7, 11) is 0. The molecule has 0 saturated heterocycles. The molecule has 0 fully saturated rings. The number of benzene rings is 2. The van der Waals surface area contributed by atoms with Crippen LogP contribution >= 0.6 is 11.8 Å². The molecule has 0 spiro atoms. The van der Waals surface area contributed by atoms with Gasteiger partial charge in [0.05, 0.1) is 0 Å². The molecule has 0 bridgehead atoms. The molecule has 1 aliphatic rings. The molecule has 1 aliphatic heterocycles. The lowest BCUT2D eigenvalue weighted by atomic mass is 10.2. The van der Waals surface area contributed by atoms with Crippen molar-refractivity contribution < 1.29 is 14.3 Å². The van der Waals surface area contributed by atoms with Gasteiger partial charge in [0.2, 0.25) is 5.91 Å². The highest BCUT2D eigenvalue weighted by atomic mass is 32.2. The van der Waals surface area contributed by atoms with Crippen molar-refractivity contribution in [3.8, 4) is 11.5 Å². The van der Waals surface area contributed by atoms with Gasteiger partial charge in [-0.15, -0.1) is 5.10 Å². The topological polar surface area (TPSA) is 99.8 Å². The second-order valence-corrected chi connectivity index (χ2v) is 7.80. The van der Waals surface area contributed by atoms with E-state index in [0.29, 0.717) is 41.1 Å². The molecule has 0 radical (unpaired) electrons. The number of aromatic nitrogens is 4. The fraction of sp³-hybridized carbons (Fsp3) is 0.143. The second kappa shape index (κ2) is 8.15. The first-order valence-electron chi connectivity index (χ1n) is 9.55. The zero-order chi connectivity index (χ0) is 21.2. The van der Waals surface area contributed by atoms with Crippen LogP contribution in [0.15, 0.2) is 75.4 Å². The quantitative estimate of drug-likeness (QED) is 0.514. The lowest BCUT2D eigenvalue weighted by Crippen LogP contribution is -2.29. The predicted molar refractivity (Wildman–Crippen MR) is 114 cm³/mol. The zero-order valence-corrected chi connectivity index (χ0v) is 17.0. The number of hydrogen-bond acceptors (Lipinski definition) is 7. The van der Waals surface area contributed by atoms with Crippen molar-refractivity contribution in [2.45, 2.75) is 16.5 Å². The van der Waals surface area contributed by atoms with Gasteiger partial charge in [0, 0.05) is 16.6 Å². The maximum Gasteiger partial charge on any atom is 0.367 e. The van der Waals surface area contributed by atoms with Crippen LogP contribution in [-0.4, -0.2) is 38.5 Å². The first-order chi connectivity index (χ1) is 15.2. The average Bonchev–Trinajstić information content (AvgIpc) is 3.09. The van der Waals surface area contributed by atoms with Crippen molar-refractivity contribution in [2.75, 3.05) is 18.5 Å². The summed E-state index contributed by atoms with van der Waals surface area (Å²) in [4.78, 5) is 26.2. The maximum atomic E-state index is 12.7. The molecule has 1 N–H and O–H groups in total. The molecule has 4 aromatic rings. The van der Waals surface area contributed by atoms with Crippen LogP contribution in [0.1, 0.15) is 0 Å². The molecule has 1 amide bonds. The minimum atomic E-state index is -0.483. The Labute approximate surface area is 180 Å². The number of hydrogen-bond donors (Lipinski definition) is 1. The third kappa shape index (κ3) is 4.10. The molecule has 2 aromatic heterocycles. The van der Waals surface area contributed by atoms with Gasteiger partial charge in [0.25, 0.3) is 0 Å². The van der Waals surface area contributed by atoms with Gasteiger partial charge < -0.3 is 14.8 Å². The highest BCUT2D eigenvalue weighted by Crippen LogP contribution is 2.32. The van der Waals surface area contributed by atoms with Crippen LogP contribution in [0, 0.1) is 0 Å². The largest absolute Gasteiger partial charge is 0.486 e. The second-order valence-electron chi connectivity index (χ2n) is 6.70. The molecule has 0 atom stereocenters. The summed E-state index contributed by atoms with van der Waals surface area (Å²) in [6.07, 6.45) is 0. The summed E-state index contributed by atoms with van der Waals surface area (Å²) in [5, 5.41) is 12.0. The normalized spacial score (nSPS) is 12.6. The van der Waals surface area contributed by atoms with Crippen molar-refractivity contribution in [1.29, 1.82) is 0 Å². The van der Waals surface area contributed by atoms with Gasteiger partial charge in [-0.25, -0.2) is 9.48 Å². The van der Waals surface area contributed by atoms with E-state index in [9.17, 15) is 9.59 Å². The van der Waals surface area contributed by atoms with Gasteiger partial charge in [0.15, 0.2) is 17.1 Å². The summed E-state index contributed by atoms with van der Waals surface area (Å²) in [6.45, 7) is 0.714. The fourth-order valence-electron chi connectivity index (χ4n) is 3.12. The minimum Gasteiger partial charge on any atom is -0.486 e. The predicted octanol–water partition coefficient (Wildman–Crippen LogP) is 2.45. The number of fused-ring (bicyclic) bond motifs is 2. The minimum absolute atomic E-state index is 0.238. The molecule has 31 heavy (non-hydrogen) atoms. The summed E-state index contributed by atoms with van der Waals surface area (Å²) < 4.78 is 13.3. The molecule has 5 rings (SSSR count). The van der Waals surface area contributed by atoms with E-state index in [1.165, 1.54) is 16.3 Å². The first-order valence-corrected chi connectivity index (χ1v) is 10.4. The Balaban J connectivity index is 1.32. The third-order valence-electron chi connectivity index (χ3n) is 4.50. The third-order valence-corrected chi connectivity index (χ3v) is 5.44. The smallest absolute Gasteiger partial charge is 0.367 e. The molecular formula is C21H17N5O4S. The van der Waals surface area contributed by atoms with Gasteiger partial charge in [-0.05, 0) is 36.4 Å². The Hall–Kier alpha value is -3.79. The average molecular weight is 435 g/mol. The number of carbonyl (C=O) groups excluding carboxylic acids is 1. The van der Waals surface area contributed by atoms with Crippen molar-refractivity contribution in [3.63, 3.8) is 0 Å². The summed E-state index contributed by atoms with van der Waals surface area (Å²) in [5.74, 6) is 0.818. The Bertz CT molecular complexity index is 1320. The van der Waals surface area contributed by atoms with E-state index in [1.807, 2.05) is 30.3 Å². The zero-order valence-electron chi connectivity index (χ0n) is 16.2. The first kappa shape index (κ1) is 19.2. The molecule has 2 aromatic carbocycles. The van der Waals surface area contributed by atoms with E-state index in [-0.39, 0.29) is 12.5 Å².